The molecule has 3 aromatic carbocycles. The van der Waals surface area contributed by atoms with Crippen molar-refractivity contribution in [3.05, 3.63) is 78.4 Å². The van der Waals surface area contributed by atoms with Crippen LogP contribution in [0.25, 0.3) is 10.8 Å². The summed E-state index contributed by atoms with van der Waals surface area (Å²) in [5.41, 5.74) is 1.78. The van der Waals surface area contributed by atoms with Crippen LogP contribution in [0.5, 0.6) is 0 Å². The first kappa shape index (κ1) is 16.7. The second kappa shape index (κ2) is 7.63. The number of carbonyl (C=O) groups excluding carboxylic acids is 1. The van der Waals surface area contributed by atoms with Crippen molar-refractivity contribution >= 4 is 22.4 Å². The van der Waals surface area contributed by atoms with Crippen LogP contribution < -0.4 is 4.90 Å². The van der Waals surface area contributed by atoms with Gasteiger partial charge in [-0.3, -0.25) is 4.79 Å². The summed E-state index contributed by atoms with van der Waals surface area (Å²) < 4.78 is 0. The third-order valence-corrected chi connectivity index (χ3v) is 4.42. The van der Waals surface area contributed by atoms with Gasteiger partial charge >= 0.3 is 0 Å². The second-order valence-electron chi connectivity index (χ2n) is 5.93. The summed E-state index contributed by atoms with van der Waals surface area (Å²) in [6.45, 7) is 2.53. The number of nitrogens with zero attached hydrogens (tertiary/aromatic N) is 2. The molecule has 0 saturated carbocycles. The molecule has 0 aliphatic carbocycles. The van der Waals surface area contributed by atoms with Crippen LogP contribution in [0.3, 0.4) is 0 Å². The zero-order chi connectivity index (χ0) is 17.6. The molecule has 0 heterocycles. The van der Waals surface area contributed by atoms with Crippen molar-refractivity contribution in [3.8, 4) is 6.07 Å². The fourth-order valence-corrected chi connectivity index (χ4v) is 3.18. The van der Waals surface area contributed by atoms with Crippen molar-refractivity contribution in [2.75, 3.05) is 11.4 Å². The molecular weight excluding hydrogens is 308 g/mol. The molecule has 0 saturated heterocycles. The predicted octanol–water partition coefficient (Wildman–Crippen LogP) is 4.89. The Labute approximate surface area is 148 Å². The van der Waals surface area contributed by atoms with E-state index in [9.17, 15) is 10.1 Å². The number of carbonyl (C=O) groups is 1. The average molecular weight is 328 g/mol. The number of rotatable bonds is 5. The van der Waals surface area contributed by atoms with Gasteiger partial charge in [-0.05, 0) is 35.4 Å². The molecule has 3 aromatic rings. The highest BCUT2D eigenvalue weighted by Crippen LogP contribution is 2.28. The Morgan fingerprint density at radius 2 is 1.68 bits per heavy atom. The lowest BCUT2D eigenvalue weighted by molar-refractivity contribution is -0.118. The van der Waals surface area contributed by atoms with E-state index in [0.29, 0.717) is 6.54 Å². The molecule has 0 aromatic heterocycles. The highest BCUT2D eigenvalue weighted by molar-refractivity contribution is 5.95. The molecule has 0 spiro atoms. The van der Waals surface area contributed by atoms with E-state index >= 15 is 0 Å². The Morgan fingerprint density at radius 3 is 2.40 bits per heavy atom. The van der Waals surface area contributed by atoms with Gasteiger partial charge in [-0.2, -0.15) is 5.26 Å². The van der Waals surface area contributed by atoms with Gasteiger partial charge in [0.05, 0.1) is 12.0 Å². The van der Waals surface area contributed by atoms with Crippen molar-refractivity contribution in [1.82, 2.24) is 0 Å². The highest BCUT2D eigenvalue weighted by atomic mass is 16.2. The van der Waals surface area contributed by atoms with E-state index in [0.717, 1.165) is 22.0 Å². The second-order valence-corrected chi connectivity index (χ2v) is 5.93. The number of anilines is 1. The summed E-state index contributed by atoms with van der Waals surface area (Å²) >= 11 is 0. The number of benzene rings is 3. The molecule has 1 atom stereocenters. The van der Waals surface area contributed by atoms with Crippen molar-refractivity contribution in [1.29, 1.82) is 5.26 Å². The number of hydrogen-bond donors (Lipinski definition) is 0. The van der Waals surface area contributed by atoms with Crippen molar-refractivity contribution in [2.45, 2.75) is 19.3 Å². The van der Waals surface area contributed by atoms with Crippen LogP contribution >= 0.6 is 0 Å². The lowest BCUT2D eigenvalue weighted by atomic mass is 9.91. The first-order valence-corrected chi connectivity index (χ1v) is 8.47. The van der Waals surface area contributed by atoms with Crippen LogP contribution in [-0.2, 0) is 4.79 Å². The summed E-state index contributed by atoms with van der Waals surface area (Å²) in [5, 5.41) is 11.8. The van der Waals surface area contributed by atoms with E-state index in [1.54, 1.807) is 4.90 Å². The summed E-state index contributed by atoms with van der Waals surface area (Å²) in [5.74, 6) is -0.496. The molecular formula is C22H20N2O. The van der Waals surface area contributed by atoms with E-state index in [4.69, 9.17) is 0 Å². The summed E-state index contributed by atoms with van der Waals surface area (Å²) in [6.07, 6.45) is 0.174. The lowest BCUT2D eigenvalue weighted by Crippen LogP contribution is -2.31. The van der Waals surface area contributed by atoms with Gasteiger partial charge in [0.15, 0.2) is 0 Å². The number of para-hydroxylation sites is 1. The zero-order valence-electron chi connectivity index (χ0n) is 14.2. The quantitative estimate of drug-likeness (QED) is 0.669. The minimum Gasteiger partial charge on any atom is -0.313 e. The Balaban J connectivity index is 1.89. The number of amides is 1. The number of fused-ring (bicyclic) bond motifs is 1. The third kappa shape index (κ3) is 3.54. The van der Waals surface area contributed by atoms with Crippen LogP contribution in [0.1, 0.15) is 24.8 Å². The molecule has 0 aliphatic rings. The smallest absolute Gasteiger partial charge is 0.228 e. The normalized spacial score (nSPS) is 11.7. The largest absolute Gasteiger partial charge is 0.313 e. The molecule has 0 radical (unpaired) electrons. The van der Waals surface area contributed by atoms with Crippen LogP contribution in [0.4, 0.5) is 5.69 Å². The molecule has 3 heteroatoms. The third-order valence-electron chi connectivity index (χ3n) is 4.42. The van der Waals surface area contributed by atoms with Gasteiger partial charge in [0.2, 0.25) is 5.91 Å². The maximum Gasteiger partial charge on any atom is 0.228 e. The monoisotopic (exact) mass is 328 g/mol. The number of hydrogen-bond acceptors (Lipinski definition) is 2. The Hall–Kier alpha value is -3.12. The highest BCUT2D eigenvalue weighted by Gasteiger charge is 2.22. The van der Waals surface area contributed by atoms with Crippen LogP contribution in [-0.4, -0.2) is 12.5 Å². The molecule has 0 bridgehead atoms. The summed E-state index contributed by atoms with van der Waals surface area (Å²) in [6, 6.07) is 25.8. The predicted molar refractivity (Wildman–Crippen MR) is 101 cm³/mol. The molecule has 3 nitrogen and oxygen atoms in total. The zero-order valence-corrected chi connectivity index (χ0v) is 14.2. The molecule has 124 valence electrons. The topological polar surface area (TPSA) is 44.1 Å². The van der Waals surface area contributed by atoms with E-state index in [1.807, 2.05) is 79.7 Å². The first-order chi connectivity index (χ1) is 12.2. The van der Waals surface area contributed by atoms with Crippen molar-refractivity contribution in [3.63, 3.8) is 0 Å². The van der Waals surface area contributed by atoms with E-state index in [1.165, 1.54) is 0 Å². The maximum atomic E-state index is 12.8. The average Bonchev–Trinajstić information content (AvgIpc) is 2.67. The van der Waals surface area contributed by atoms with Gasteiger partial charge in [0.1, 0.15) is 0 Å². The van der Waals surface area contributed by atoms with Crippen molar-refractivity contribution in [2.24, 2.45) is 0 Å². The lowest BCUT2D eigenvalue weighted by Gasteiger charge is -2.22. The molecule has 0 N–H and O–H groups in total. The van der Waals surface area contributed by atoms with Gasteiger partial charge in [-0.1, -0.05) is 60.7 Å². The Kier molecular flexibility index (Phi) is 5.11. The van der Waals surface area contributed by atoms with E-state index < -0.39 is 5.92 Å². The fraction of sp³-hybridized carbons (Fsp3) is 0.182. The SMILES string of the molecule is CCN(C(=O)CC(C#N)c1cccc2ccccc12)c1ccccc1. The van der Waals surface area contributed by atoms with Crippen molar-refractivity contribution < 1.29 is 4.79 Å². The Bertz CT molecular complexity index is 907. The number of nitriles is 1. The van der Waals surface area contributed by atoms with Crippen LogP contribution in [0.2, 0.25) is 0 Å². The van der Waals surface area contributed by atoms with E-state index in [-0.39, 0.29) is 12.3 Å². The molecule has 3 rings (SSSR count). The van der Waals surface area contributed by atoms with Crippen LogP contribution in [0.15, 0.2) is 72.8 Å². The first-order valence-electron chi connectivity index (χ1n) is 8.47. The molecule has 25 heavy (non-hydrogen) atoms. The molecule has 1 amide bonds. The molecule has 0 aliphatic heterocycles. The minimum absolute atomic E-state index is 0.0341. The Morgan fingerprint density at radius 1 is 1.00 bits per heavy atom. The van der Waals surface area contributed by atoms with Gasteiger partial charge in [0, 0.05) is 18.7 Å². The summed E-state index contributed by atoms with van der Waals surface area (Å²) in [7, 11) is 0. The van der Waals surface area contributed by atoms with Gasteiger partial charge < -0.3 is 4.90 Å². The maximum absolute atomic E-state index is 12.8. The van der Waals surface area contributed by atoms with Gasteiger partial charge in [-0.25, -0.2) is 0 Å². The summed E-state index contributed by atoms with van der Waals surface area (Å²) in [4.78, 5) is 14.6. The fourth-order valence-electron chi connectivity index (χ4n) is 3.18. The van der Waals surface area contributed by atoms with Gasteiger partial charge in [0.25, 0.3) is 0 Å². The molecule has 1 unspecified atom stereocenters. The van der Waals surface area contributed by atoms with Crippen LogP contribution in [0, 0.1) is 11.3 Å². The molecule has 0 fully saturated rings. The van der Waals surface area contributed by atoms with Gasteiger partial charge in [-0.15, -0.1) is 0 Å². The standard InChI is InChI=1S/C22H20N2O/c1-2-24(19-11-4-3-5-12-19)22(25)15-18(16-23)21-14-8-10-17-9-6-7-13-20(17)21/h3-14,18H,2,15H2,1H3. The minimum atomic E-state index is -0.462. The van der Waals surface area contributed by atoms with E-state index in [2.05, 4.69) is 6.07 Å².